The molecule has 0 spiro atoms. The number of rotatable bonds is 1. The largest absolute Gasteiger partial charge is 0.508 e. The van der Waals surface area contributed by atoms with Crippen molar-refractivity contribution in [3.63, 3.8) is 0 Å². The van der Waals surface area contributed by atoms with E-state index in [0.717, 1.165) is 30.3 Å². The molecule has 0 aliphatic carbocycles. The van der Waals surface area contributed by atoms with Gasteiger partial charge in [0.15, 0.2) is 0 Å². The van der Waals surface area contributed by atoms with E-state index in [1.165, 1.54) is 18.2 Å². The summed E-state index contributed by atoms with van der Waals surface area (Å²) in [5, 5.41) is 19.2. The SMILES string of the molecule is C=C1/C=C\C(O)=CC(O)COC(=O)/C(c2ccc(C(F)(F)F)cc2)=C\1. The Bertz CT molecular complexity index is 756. The van der Waals surface area contributed by atoms with E-state index in [4.69, 9.17) is 4.74 Å². The van der Waals surface area contributed by atoms with Crippen LogP contribution in [0.1, 0.15) is 11.1 Å². The standard InChI is InChI=1S/C18H15F3O4/c1-11-2-7-14(22)9-15(23)10-25-17(24)16(8-11)12-3-5-13(6-4-12)18(19,20)21/h2-9,15,22-23H,1,10H2/b7-2-,14-9?,16-8-. The van der Waals surface area contributed by atoms with Gasteiger partial charge in [0.05, 0.1) is 11.1 Å². The van der Waals surface area contributed by atoms with Crippen LogP contribution in [0.25, 0.3) is 5.57 Å². The molecule has 2 rings (SSSR count). The fourth-order valence-electron chi connectivity index (χ4n) is 2.06. The lowest BCUT2D eigenvalue weighted by molar-refractivity contribution is -0.138. The molecule has 1 aromatic rings. The Morgan fingerprint density at radius 1 is 1.16 bits per heavy atom. The second kappa shape index (κ2) is 7.40. The number of aliphatic hydroxyl groups excluding tert-OH is 2. The smallest absolute Gasteiger partial charge is 0.416 e. The maximum atomic E-state index is 12.7. The first-order valence-corrected chi connectivity index (χ1v) is 7.19. The summed E-state index contributed by atoms with van der Waals surface area (Å²) in [5.41, 5.74) is -0.344. The van der Waals surface area contributed by atoms with Crippen LogP contribution in [-0.4, -0.2) is 28.9 Å². The first kappa shape index (κ1) is 18.5. The van der Waals surface area contributed by atoms with Crippen molar-refractivity contribution in [1.82, 2.24) is 0 Å². The molecule has 4 nitrogen and oxygen atoms in total. The molecule has 1 atom stereocenters. The van der Waals surface area contributed by atoms with Crippen LogP contribution in [0.4, 0.5) is 13.2 Å². The molecule has 0 bridgehead atoms. The highest BCUT2D eigenvalue weighted by Gasteiger charge is 2.30. The molecule has 0 amide bonds. The molecule has 1 aromatic carbocycles. The van der Waals surface area contributed by atoms with Crippen LogP contribution in [0.15, 0.2) is 66.5 Å². The lowest BCUT2D eigenvalue weighted by Gasteiger charge is -2.12. The van der Waals surface area contributed by atoms with Crippen molar-refractivity contribution >= 4 is 11.5 Å². The molecule has 1 heterocycles. The first-order valence-electron chi connectivity index (χ1n) is 7.19. The monoisotopic (exact) mass is 352 g/mol. The third-order valence-electron chi connectivity index (χ3n) is 3.29. The van der Waals surface area contributed by atoms with Gasteiger partial charge in [-0.2, -0.15) is 13.2 Å². The van der Waals surface area contributed by atoms with Crippen molar-refractivity contribution < 1.29 is 32.9 Å². The van der Waals surface area contributed by atoms with E-state index in [9.17, 15) is 28.2 Å². The van der Waals surface area contributed by atoms with Gasteiger partial charge in [0.2, 0.25) is 0 Å². The molecule has 0 fully saturated rings. The second-order valence-electron chi connectivity index (χ2n) is 5.30. The minimum atomic E-state index is -4.48. The number of allylic oxidation sites excluding steroid dienone is 4. The Labute approximate surface area is 141 Å². The van der Waals surface area contributed by atoms with Crippen molar-refractivity contribution in [2.45, 2.75) is 12.3 Å². The van der Waals surface area contributed by atoms with E-state index in [2.05, 4.69) is 6.58 Å². The minimum absolute atomic E-state index is 0.0167. The van der Waals surface area contributed by atoms with Crippen LogP contribution in [0, 0.1) is 0 Å². The Morgan fingerprint density at radius 2 is 1.80 bits per heavy atom. The topological polar surface area (TPSA) is 66.8 Å². The van der Waals surface area contributed by atoms with Gasteiger partial charge in [-0.15, -0.1) is 0 Å². The zero-order valence-electron chi connectivity index (χ0n) is 13.0. The number of alkyl halides is 3. The summed E-state index contributed by atoms with van der Waals surface area (Å²) in [4.78, 5) is 12.2. The molecule has 2 N–H and O–H groups in total. The fraction of sp³-hybridized carbons (Fsp3) is 0.167. The number of carbonyl (C=O) groups is 1. The normalized spacial score (nSPS) is 23.0. The number of hydrogen-bond donors (Lipinski definition) is 2. The molecule has 7 heteroatoms. The number of halogens is 3. The van der Waals surface area contributed by atoms with Crippen molar-refractivity contribution in [1.29, 1.82) is 0 Å². The summed E-state index contributed by atoms with van der Waals surface area (Å²) in [5.74, 6) is -1.07. The number of cyclic esters (lactones) is 1. The Kier molecular flexibility index (Phi) is 5.48. The lowest BCUT2D eigenvalue weighted by Crippen LogP contribution is -2.18. The molecule has 0 saturated heterocycles. The Hall–Kier alpha value is -2.80. The molecule has 25 heavy (non-hydrogen) atoms. The van der Waals surface area contributed by atoms with E-state index in [0.29, 0.717) is 5.57 Å². The summed E-state index contributed by atoms with van der Waals surface area (Å²) in [6.07, 6.45) is -0.647. The van der Waals surface area contributed by atoms with Gasteiger partial charge in [0, 0.05) is 0 Å². The van der Waals surface area contributed by atoms with Crippen molar-refractivity contribution in [2.75, 3.05) is 6.61 Å². The van der Waals surface area contributed by atoms with E-state index in [-0.39, 0.29) is 16.9 Å². The quantitative estimate of drug-likeness (QED) is 0.759. The van der Waals surface area contributed by atoms with Crippen molar-refractivity contribution in [2.24, 2.45) is 0 Å². The van der Waals surface area contributed by atoms with Gasteiger partial charge < -0.3 is 14.9 Å². The summed E-state index contributed by atoms with van der Waals surface area (Å²) in [7, 11) is 0. The van der Waals surface area contributed by atoms with Crippen LogP contribution in [0.3, 0.4) is 0 Å². The van der Waals surface area contributed by atoms with Crippen LogP contribution < -0.4 is 0 Å². The molecular weight excluding hydrogens is 337 g/mol. The highest BCUT2D eigenvalue weighted by molar-refractivity contribution is 6.17. The van der Waals surface area contributed by atoms with E-state index >= 15 is 0 Å². The molecule has 1 aliphatic heterocycles. The van der Waals surface area contributed by atoms with Gasteiger partial charge >= 0.3 is 12.1 Å². The van der Waals surface area contributed by atoms with Gasteiger partial charge in [0.25, 0.3) is 0 Å². The second-order valence-corrected chi connectivity index (χ2v) is 5.30. The highest BCUT2D eigenvalue weighted by Crippen LogP contribution is 2.30. The average Bonchev–Trinajstić information content (AvgIpc) is 2.56. The molecule has 0 radical (unpaired) electrons. The maximum absolute atomic E-state index is 12.7. The van der Waals surface area contributed by atoms with Gasteiger partial charge in [-0.05, 0) is 41.5 Å². The third-order valence-corrected chi connectivity index (χ3v) is 3.29. The zero-order valence-corrected chi connectivity index (χ0v) is 13.0. The summed E-state index contributed by atoms with van der Waals surface area (Å²) >= 11 is 0. The van der Waals surface area contributed by atoms with E-state index < -0.39 is 30.4 Å². The van der Waals surface area contributed by atoms with E-state index in [1.807, 2.05) is 0 Å². The zero-order chi connectivity index (χ0) is 18.6. The van der Waals surface area contributed by atoms with Gasteiger partial charge in [-0.25, -0.2) is 4.79 Å². The number of aliphatic hydroxyl groups is 2. The predicted octanol–water partition coefficient (Wildman–Crippen LogP) is 3.56. The minimum Gasteiger partial charge on any atom is -0.508 e. The third kappa shape index (κ3) is 5.09. The van der Waals surface area contributed by atoms with Crippen molar-refractivity contribution in [3.8, 4) is 0 Å². The Morgan fingerprint density at radius 3 is 2.40 bits per heavy atom. The summed E-state index contributed by atoms with van der Waals surface area (Å²) in [6, 6.07) is 4.02. The van der Waals surface area contributed by atoms with Gasteiger partial charge in [-0.3, -0.25) is 0 Å². The van der Waals surface area contributed by atoms with Crippen LogP contribution in [0.2, 0.25) is 0 Å². The number of esters is 1. The summed E-state index contributed by atoms with van der Waals surface area (Å²) < 4.78 is 42.9. The number of ether oxygens (including phenoxy) is 1. The maximum Gasteiger partial charge on any atom is 0.416 e. The predicted molar refractivity (Wildman–Crippen MR) is 85.4 cm³/mol. The summed E-state index contributed by atoms with van der Waals surface area (Å²) in [6.45, 7) is 3.27. The molecule has 0 saturated carbocycles. The number of hydrogen-bond acceptors (Lipinski definition) is 4. The van der Waals surface area contributed by atoms with Gasteiger partial charge in [-0.1, -0.05) is 24.8 Å². The van der Waals surface area contributed by atoms with Crippen LogP contribution in [-0.2, 0) is 15.7 Å². The lowest BCUT2D eigenvalue weighted by atomic mass is 10.0. The van der Waals surface area contributed by atoms with Gasteiger partial charge in [0.1, 0.15) is 18.5 Å². The molecular formula is C18H15F3O4. The van der Waals surface area contributed by atoms with Crippen molar-refractivity contribution in [3.05, 3.63) is 77.6 Å². The molecule has 1 unspecified atom stereocenters. The average molecular weight is 352 g/mol. The van der Waals surface area contributed by atoms with E-state index in [1.54, 1.807) is 0 Å². The number of benzene rings is 1. The molecule has 0 aromatic heterocycles. The highest BCUT2D eigenvalue weighted by atomic mass is 19.4. The van der Waals surface area contributed by atoms with Crippen LogP contribution >= 0.6 is 0 Å². The Balaban J connectivity index is 2.40. The van der Waals surface area contributed by atoms with Crippen LogP contribution in [0.5, 0.6) is 0 Å². The first-order chi connectivity index (χ1) is 11.7. The fourth-order valence-corrected chi connectivity index (χ4v) is 2.06. The molecule has 132 valence electrons. The number of carbonyl (C=O) groups excluding carboxylic acids is 1. The molecule has 1 aliphatic rings.